The fourth-order valence-corrected chi connectivity index (χ4v) is 6.21. The molecule has 3 N–H and O–H groups in total. The van der Waals surface area contributed by atoms with Crippen LogP contribution in [0.2, 0.25) is 0 Å². The second-order valence-corrected chi connectivity index (χ2v) is 11.5. The Bertz CT molecular complexity index is 1780. The molecule has 2 fully saturated rings. The minimum atomic E-state index is -1.39. The number of carbonyl (C=O) groups excluding carboxylic acids is 2. The van der Waals surface area contributed by atoms with E-state index in [1.165, 1.54) is 24.1 Å². The number of amides is 1. The van der Waals surface area contributed by atoms with Crippen molar-refractivity contribution in [3.05, 3.63) is 57.9 Å². The average Bonchev–Trinajstić information content (AvgIpc) is 3.62. The number of likely N-dealkylation sites (N-methyl/N-ethyl adjacent to an activating group) is 1. The van der Waals surface area contributed by atoms with Crippen molar-refractivity contribution >= 4 is 45.8 Å². The number of nitrogens with zero attached hydrogens (tertiary/aromatic N) is 4. The Morgan fingerprint density at radius 1 is 1.16 bits per heavy atom. The van der Waals surface area contributed by atoms with Gasteiger partial charge in [-0.3, -0.25) is 14.5 Å². The normalized spacial score (nSPS) is 21.8. The predicted octanol–water partition coefficient (Wildman–Crippen LogP) is 2.89. The maximum absolute atomic E-state index is 15.7. The molecule has 4 atom stereocenters. The molecule has 0 saturated carbocycles. The number of hydrogen-bond donors (Lipinski definition) is 2. The number of carbonyl (C=O) groups is 3. The summed E-state index contributed by atoms with van der Waals surface area (Å²) in [6, 6.07) is 3.91. The number of rotatable bonds is 7. The highest BCUT2D eigenvalue weighted by Crippen LogP contribution is 2.43. The van der Waals surface area contributed by atoms with Crippen LogP contribution in [0.4, 0.5) is 30.6 Å². The molecule has 3 aromatic rings. The first kappa shape index (κ1) is 29.4. The van der Waals surface area contributed by atoms with E-state index in [1.807, 2.05) is 6.92 Å². The topological polar surface area (TPSA) is 148 Å². The number of carboxylic acids is 1. The molecule has 3 aliphatic heterocycles. The molecule has 6 rings (SSSR count). The van der Waals surface area contributed by atoms with Gasteiger partial charge in [-0.25, -0.2) is 18.4 Å². The summed E-state index contributed by atoms with van der Waals surface area (Å²) in [6.45, 7) is 4.01. The van der Waals surface area contributed by atoms with E-state index in [0.717, 1.165) is 6.07 Å². The van der Waals surface area contributed by atoms with Gasteiger partial charge in [-0.05, 0) is 44.5 Å². The summed E-state index contributed by atoms with van der Waals surface area (Å²) in [6.07, 6.45) is 0.273. The van der Waals surface area contributed by atoms with Crippen LogP contribution in [-0.4, -0.2) is 79.0 Å². The van der Waals surface area contributed by atoms with Gasteiger partial charge < -0.3 is 34.7 Å². The zero-order chi connectivity index (χ0) is 31.6. The first-order chi connectivity index (χ1) is 20.9. The zero-order valence-corrected chi connectivity index (χ0v) is 24.3. The molecule has 4 heterocycles. The highest BCUT2D eigenvalue weighted by molar-refractivity contribution is 5.97. The van der Waals surface area contributed by atoms with Crippen molar-refractivity contribution in [1.29, 1.82) is 0 Å². The number of ether oxygens (including phenoxy) is 2. The minimum absolute atomic E-state index is 0.0117. The van der Waals surface area contributed by atoms with Gasteiger partial charge in [0.2, 0.25) is 5.43 Å². The van der Waals surface area contributed by atoms with Gasteiger partial charge >= 0.3 is 12.1 Å². The molecule has 44 heavy (non-hydrogen) atoms. The lowest BCUT2D eigenvalue weighted by atomic mass is 10.1. The van der Waals surface area contributed by atoms with E-state index in [2.05, 4.69) is 0 Å². The molecule has 1 aromatic heterocycles. The number of ketones is 1. The minimum Gasteiger partial charge on any atom is -0.487 e. The number of aromatic nitrogens is 1. The number of aromatic carboxylic acids is 1. The van der Waals surface area contributed by atoms with Crippen molar-refractivity contribution in [3.63, 3.8) is 0 Å². The Kier molecular flexibility index (Phi) is 7.19. The van der Waals surface area contributed by atoms with Gasteiger partial charge in [0.1, 0.15) is 41.6 Å². The summed E-state index contributed by atoms with van der Waals surface area (Å²) >= 11 is 0. The molecule has 0 radical (unpaired) electrons. The maximum Gasteiger partial charge on any atom is 0.414 e. The monoisotopic (exact) mass is 611 g/mol. The summed E-state index contributed by atoms with van der Waals surface area (Å²) in [5, 5.41) is 9.45. The highest BCUT2D eigenvalue weighted by Gasteiger charge is 2.39. The third-order valence-corrected chi connectivity index (χ3v) is 8.73. The fraction of sp³-hybridized carbons (Fsp3) is 0.400. The molecule has 2 saturated heterocycles. The second-order valence-electron chi connectivity index (χ2n) is 11.5. The predicted molar refractivity (Wildman–Crippen MR) is 157 cm³/mol. The molecule has 1 amide bonds. The molecule has 12 nitrogen and oxygen atoms in total. The molecule has 2 aromatic carbocycles. The first-order valence-electron chi connectivity index (χ1n) is 14.2. The van der Waals surface area contributed by atoms with Crippen molar-refractivity contribution in [2.45, 2.75) is 44.5 Å². The maximum atomic E-state index is 15.7. The van der Waals surface area contributed by atoms with E-state index in [9.17, 15) is 24.3 Å². The van der Waals surface area contributed by atoms with Crippen LogP contribution in [0, 0.1) is 11.6 Å². The van der Waals surface area contributed by atoms with Crippen molar-refractivity contribution in [3.8, 4) is 5.75 Å². The molecule has 3 aliphatic rings. The van der Waals surface area contributed by atoms with Crippen LogP contribution in [0.3, 0.4) is 0 Å². The summed E-state index contributed by atoms with van der Waals surface area (Å²) in [5.41, 5.74) is 5.63. The average molecular weight is 612 g/mol. The van der Waals surface area contributed by atoms with Crippen molar-refractivity contribution in [2.24, 2.45) is 5.73 Å². The van der Waals surface area contributed by atoms with Gasteiger partial charge in [-0.1, -0.05) is 0 Å². The molecule has 0 aliphatic carbocycles. The van der Waals surface area contributed by atoms with Gasteiger partial charge in [0.05, 0.1) is 34.9 Å². The van der Waals surface area contributed by atoms with Crippen LogP contribution in [0.25, 0.3) is 10.9 Å². The molecular weight excluding hydrogens is 580 g/mol. The number of nitrogens with two attached hydrogens (primary N) is 1. The van der Waals surface area contributed by atoms with E-state index < -0.39 is 46.8 Å². The van der Waals surface area contributed by atoms with E-state index >= 15 is 8.78 Å². The lowest BCUT2D eigenvalue weighted by Crippen LogP contribution is -2.43. The van der Waals surface area contributed by atoms with Crippen LogP contribution in [0.5, 0.6) is 5.75 Å². The summed E-state index contributed by atoms with van der Waals surface area (Å²) < 4.78 is 44.0. The number of anilines is 3. The number of cyclic esters (lactones) is 1. The third-order valence-electron chi connectivity index (χ3n) is 8.73. The Morgan fingerprint density at radius 2 is 1.91 bits per heavy atom. The first-order valence-corrected chi connectivity index (χ1v) is 14.2. The standard InChI is InChI=1S/C30H31F2N5O7/c1-14-13-43-28-25-18(27(39)19(29(40)41)11-36(14)25)9-21(32)26(28)35-7-6-17(10-35)34(3)22-5-4-16(8-20(22)31)37-12-23(44-30(37)42)24(33)15(2)38/h4-5,8-9,11,14,17,23-24H,6-7,10,12-13,33H2,1-3H3,(H,40,41)/t14?,17?,23-,24-/m1/s1. The van der Waals surface area contributed by atoms with E-state index in [-0.39, 0.29) is 59.2 Å². The highest BCUT2D eigenvalue weighted by atomic mass is 19.1. The van der Waals surface area contributed by atoms with Crippen LogP contribution in [0.15, 0.2) is 35.3 Å². The lowest BCUT2D eigenvalue weighted by Gasteiger charge is -2.32. The lowest BCUT2D eigenvalue weighted by molar-refractivity contribution is -0.120. The van der Waals surface area contributed by atoms with Crippen molar-refractivity contribution in [2.75, 3.05) is 48.0 Å². The van der Waals surface area contributed by atoms with Gasteiger partial charge in [-0.15, -0.1) is 0 Å². The third kappa shape index (κ3) is 4.69. The van der Waals surface area contributed by atoms with Gasteiger partial charge in [0, 0.05) is 32.4 Å². The number of pyridine rings is 1. The fourth-order valence-electron chi connectivity index (χ4n) is 6.21. The molecule has 232 valence electrons. The van der Waals surface area contributed by atoms with Crippen LogP contribution >= 0.6 is 0 Å². The van der Waals surface area contributed by atoms with Crippen LogP contribution < -0.4 is 30.6 Å². The summed E-state index contributed by atoms with van der Waals surface area (Å²) in [7, 11) is 1.72. The smallest absolute Gasteiger partial charge is 0.414 e. The number of Topliss-reactive ketones (excluding diaryl/α,β-unsaturated/α-hetero) is 1. The Balaban J connectivity index is 1.25. The molecule has 14 heteroatoms. The number of halogens is 2. The number of carboxylic acid groups (broad SMARTS) is 1. The molecule has 2 unspecified atom stereocenters. The quantitative estimate of drug-likeness (QED) is 0.409. The van der Waals surface area contributed by atoms with Crippen molar-refractivity contribution < 1.29 is 37.7 Å². The SMILES string of the molecule is CC(=O)[C@@H](N)[C@H]1CN(c2ccc(N(C)C3CCN(c4c(F)cc5c(=O)c(C(=O)O)cn6c5c4OCC6C)C3)c(F)c2)C(=O)O1. The van der Waals surface area contributed by atoms with Gasteiger partial charge in [0.15, 0.2) is 11.6 Å². The Labute approximate surface area is 250 Å². The number of benzene rings is 2. The van der Waals surface area contributed by atoms with E-state index in [0.29, 0.717) is 25.0 Å². The van der Waals surface area contributed by atoms with E-state index in [4.69, 9.17) is 15.2 Å². The molecule has 0 bridgehead atoms. The Hall–Kier alpha value is -4.72. The van der Waals surface area contributed by atoms with Crippen molar-refractivity contribution in [1.82, 2.24) is 4.57 Å². The summed E-state index contributed by atoms with van der Waals surface area (Å²) in [5.74, 6) is -2.84. The number of hydrogen-bond acceptors (Lipinski definition) is 9. The molecular formula is C30H31F2N5O7. The molecule has 0 spiro atoms. The van der Waals surface area contributed by atoms with Gasteiger partial charge in [-0.2, -0.15) is 0 Å². The zero-order valence-electron chi connectivity index (χ0n) is 24.3. The largest absolute Gasteiger partial charge is 0.487 e. The van der Waals surface area contributed by atoms with Crippen LogP contribution in [0.1, 0.15) is 36.7 Å². The summed E-state index contributed by atoms with van der Waals surface area (Å²) in [4.78, 5) is 53.4. The van der Waals surface area contributed by atoms with Crippen LogP contribution in [-0.2, 0) is 9.53 Å². The van der Waals surface area contributed by atoms with E-state index in [1.54, 1.807) is 33.5 Å². The van der Waals surface area contributed by atoms with Gasteiger partial charge in [0.25, 0.3) is 0 Å². The Morgan fingerprint density at radius 3 is 2.59 bits per heavy atom. The second kappa shape index (κ2) is 10.8.